The van der Waals surface area contributed by atoms with Crippen LogP contribution in [-0.4, -0.2) is 0 Å². The monoisotopic (exact) mass is 364 g/mol. The van der Waals surface area contributed by atoms with Crippen molar-refractivity contribution in [3.8, 4) is 0 Å². The Hall–Kier alpha value is -0.640. The van der Waals surface area contributed by atoms with Crippen molar-refractivity contribution in [2.75, 3.05) is 0 Å². The lowest BCUT2D eigenvalue weighted by molar-refractivity contribution is 0.498. The van der Waals surface area contributed by atoms with E-state index in [1.54, 1.807) is 18.2 Å². The summed E-state index contributed by atoms with van der Waals surface area (Å²) in [6.45, 7) is 0. The van der Waals surface area contributed by atoms with Crippen LogP contribution in [0.25, 0.3) is 0 Å². The Bertz CT molecular complexity index is 582. The van der Waals surface area contributed by atoms with Gasteiger partial charge in [0.25, 0.3) is 0 Å². The molecular weight excluding hydrogens is 357 g/mol. The van der Waals surface area contributed by atoms with Crippen LogP contribution in [0.4, 0.5) is 8.78 Å². The lowest BCUT2D eigenvalue weighted by atomic mass is 10.0. The molecule has 1 unspecified atom stereocenters. The first-order valence-corrected chi connectivity index (χ1v) is 7.18. The number of benzene rings is 2. The molecule has 0 saturated heterocycles. The van der Waals surface area contributed by atoms with Crippen molar-refractivity contribution < 1.29 is 8.78 Å². The maximum Gasteiger partial charge on any atom is 0.162 e. The summed E-state index contributed by atoms with van der Waals surface area (Å²) >= 11 is 15.6. The smallest absolute Gasteiger partial charge is 0.162 e. The average Bonchev–Trinajstić information content (AvgIpc) is 2.35. The summed E-state index contributed by atoms with van der Waals surface area (Å²) in [5.74, 6) is -1.70. The second kappa shape index (κ2) is 6.21. The third kappa shape index (κ3) is 3.28. The number of hydrogen-bond acceptors (Lipinski definition) is 0. The molecular formula is C14H9BrCl2F2. The van der Waals surface area contributed by atoms with Crippen molar-refractivity contribution in [1.29, 1.82) is 0 Å². The van der Waals surface area contributed by atoms with Gasteiger partial charge in [-0.1, -0.05) is 57.3 Å². The molecule has 0 radical (unpaired) electrons. The molecule has 2 aromatic rings. The van der Waals surface area contributed by atoms with Crippen LogP contribution in [0.2, 0.25) is 10.0 Å². The van der Waals surface area contributed by atoms with E-state index in [0.29, 0.717) is 15.6 Å². The topological polar surface area (TPSA) is 0 Å². The van der Waals surface area contributed by atoms with E-state index >= 15 is 0 Å². The Balaban J connectivity index is 2.31. The SMILES string of the molecule is Fc1cccc(CC(Br)c2c(Cl)cccc2Cl)c1F. The summed E-state index contributed by atoms with van der Waals surface area (Å²) in [7, 11) is 0. The normalized spacial score (nSPS) is 12.5. The summed E-state index contributed by atoms with van der Waals surface area (Å²) in [5.41, 5.74) is 0.951. The van der Waals surface area contributed by atoms with Crippen LogP contribution in [0.15, 0.2) is 36.4 Å². The molecule has 0 aliphatic carbocycles. The van der Waals surface area contributed by atoms with E-state index in [-0.39, 0.29) is 16.8 Å². The van der Waals surface area contributed by atoms with Gasteiger partial charge in [0.2, 0.25) is 0 Å². The fourth-order valence-corrected chi connectivity index (χ4v) is 3.58. The Morgan fingerprint density at radius 1 is 1.00 bits per heavy atom. The summed E-state index contributed by atoms with van der Waals surface area (Å²) in [4.78, 5) is -0.287. The summed E-state index contributed by atoms with van der Waals surface area (Å²) in [6, 6.07) is 9.25. The molecule has 0 N–H and O–H groups in total. The van der Waals surface area contributed by atoms with Gasteiger partial charge in [0, 0.05) is 20.4 Å². The van der Waals surface area contributed by atoms with Gasteiger partial charge in [0.05, 0.1) is 0 Å². The highest BCUT2D eigenvalue weighted by atomic mass is 79.9. The molecule has 100 valence electrons. The number of hydrogen-bond donors (Lipinski definition) is 0. The molecule has 0 aromatic heterocycles. The van der Waals surface area contributed by atoms with Crippen LogP contribution in [0.5, 0.6) is 0 Å². The predicted octanol–water partition coefficient (Wildman–Crippen LogP) is 5.95. The van der Waals surface area contributed by atoms with Gasteiger partial charge in [-0.15, -0.1) is 0 Å². The highest BCUT2D eigenvalue weighted by molar-refractivity contribution is 9.09. The summed E-state index contributed by atoms with van der Waals surface area (Å²) < 4.78 is 26.8. The molecule has 0 saturated carbocycles. The van der Waals surface area contributed by atoms with Crippen molar-refractivity contribution in [3.63, 3.8) is 0 Å². The summed E-state index contributed by atoms with van der Waals surface area (Å²) in [5, 5.41) is 0.984. The van der Waals surface area contributed by atoms with E-state index in [0.717, 1.165) is 6.07 Å². The zero-order valence-electron chi connectivity index (χ0n) is 9.64. The van der Waals surface area contributed by atoms with Gasteiger partial charge < -0.3 is 0 Å². The first kappa shape index (κ1) is 14.8. The molecule has 2 aromatic carbocycles. The fraction of sp³-hybridized carbons (Fsp3) is 0.143. The van der Waals surface area contributed by atoms with Crippen LogP contribution in [-0.2, 0) is 6.42 Å². The van der Waals surface area contributed by atoms with Gasteiger partial charge in [-0.2, -0.15) is 0 Å². The first-order valence-electron chi connectivity index (χ1n) is 5.51. The molecule has 5 heteroatoms. The molecule has 0 amide bonds. The van der Waals surface area contributed by atoms with Gasteiger partial charge >= 0.3 is 0 Å². The van der Waals surface area contributed by atoms with Crippen molar-refractivity contribution >= 4 is 39.1 Å². The molecule has 0 fully saturated rings. The fourth-order valence-electron chi connectivity index (χ4n) is 1.81. The van der Waals surface area contributed by atoms with Gasteiger partial charge in [0.15, 0.2) is 11.6 Å². The van der Waals surface area contributed by atoms with E-state index < -0.39 is 11.6 Å². The van der Waals surface area contributed by atoms with Crippen LogP contribution >= 0.6 is 39.1 Å². The molecule has 0 bridgehead atoms. The molecule has 2 rings (SSSR count). The van der Waals surface area contributed by atoms with Crippen molar-refractivity contribution in [2.24, 2.45) is 0 Å². The largest absolute Gasteiger partial charge is 0.204 e. The Kier molecular flexibility index (Phi) is 4.82. The minimum absolute atomic E-state index is 0.257. The number of rotatable bonds is 3. The highest BCUT2D eigenvalue weighted by Gasteiger charge is 2.18. The number of alkyl halides is 1. The molecule has 0 heterocycles. The number of halogens is 5. The van der Waals surface area contributed by atoms with Crippen molar-refractivity contribution in [3.05, 3.63) is 69.2 Å². The van der Waals surface area contributed by atoms with Crippen LogP contribution < -0.4 is 0 Å². The van der Waals surface area contributed by atoms with Crippen LogP contribution in [0.3, 0.4) is 0 Å². The Labute approximate surface area is 128 Å². The van der Waals surface area contributed by atoms with Gasteiger partial charge in [-0.3, -0.25) is 0 Å². The highest BCUT2D eigenvalue weighted by Crippen LogP contribution is 2.37. The average molecular weight is 366 g/mol. The zero-order valence-corrected chi connectivity index (χ0v) is 12.7. The minimum Gasteiger partial charge on any atom is -0.204 e. The molecule has 19 heavy (non-hydrogen) atoms. The van der Waals surface area contributed by atoms with Gasteiger partial charge in [-0.25, -0.2) is 8.78 Å². The van der Waals surface area contributed by atoms with Gasteiger partial charge in [-0.05, 0) is 30.2 Å². The van der Waals surface area contributed by atoms with E-state index in [4.69, 9.17) is 23.2 Å². The Morgan fingerprint density at radius 3 is 2.21 bits per heavy atom. The maximum atomic E-state index is 13.6. The second-order valence-corrected chi connectivity index (χ2v) is 5.94. The summed E-state index contributed by atoms with van der Waals surface area (Å²) in [6.07, 6.45) is 0.257. The van der Waals surface area contributed by atoms with E-state index in [9.17, 15) is 8.78 Å². The van der Waals surface area contributed by atoms with Crippen molar-refractivity contribution in [1.82, 2.24) is 0 Å². The lowest BCUT2D eigenvalue weighted by Gasteiger charge is -2.14. The van der Waals surface area contributed by atoms with E-state index in [1.807, 2.05) is 0 Å². The van der Waals surface area contributed by atoms with Gasteiger partial charge in [0.1, 0.15) is 0 Å². The third-order valence-corrected chi connectivity index (χ3v) is 4.18. The van der Waals surface area contributed by atoms with E-state index in [1.165, 1.54) is 12.1 Å². The second-order valence-electron chi connectivity index (χ2n) is 4.02. The standard InChI is InChI=1S/C14H9BrCl2F2/c15-9(13-10(16)4-2-5-11(13)17)7-8-3-1-6-12(18)14(8)19/h1-6,9H,7H2. The molecule has 0 aliphatic heterocycles. The lowest BCUT2D eigenvalue weighted by Crippen LogP contribution is -2.01. The molecule has 0 nitrogen and oxygen atoms in total. The minimum atomic E-state index is -0.859. The van der Waals surface area contributed by atoms with E-state index in [2.05, 4.69) is 15.9 Å². The molecule has 1 atom stereocenters. The third-order valence-electron chi connectivity index (χ3n) is 2.74. The maximum absolute atomic E-state index is 13.6. The van der Waals surface area contributed by atoms with Crippen LogP contribution in [0.1, 0.15) is 16.0 Å². The molecule has 0 spiro atoms. The van der Waals surface area contributed by atoms with Crippen molar-refractivity contribution in [2.45, 2.75) is 11.2 Å². The Morgan fingerprint density at radius 2 is 1.58 bits per heavy atom. The quantitative estimate of drug-likeness (QED) is 0.589. The zero-order chi connectivity index (χ0) is 14.0. The first-order chi connectivity index (χ1) is 9.00. The molecule has 0 aliphatic rings. The van der Waals surface area contributed by atoms with Crippen LogP contribution in [0, 0.1) is 11.6 Å². The predicted molar refractivity (Wildman–Crippen MR) is 78.2 cm³/mol.